The highest BCUT2D eigenvalue weighted by Crippen LogP contribution is 2.09. The van der Waals surface area contributed by atoms with E-state index >= 15 is 0 Å². The van der Waals surface area contributed by atoms with Crippen molar-refractivity contribution >= 4 is 0 Å². The summed E-state index contributed by atoms with van der Waals surface area (Å²) in [5.41, 5.74) is 10.6. The summed E-state index contributed by atoms with van der Waals surface area (Å²) in [5, 5.41) is 0. The van der Waals surface area contributed by atoms with Crippen LogP contribution in [0.4, 0.5) is 0 Å². The molecular weight excluding hydrogens is 100 g/mol. The summed E-state index contributed by atoms with van der Waals surface area (Å²) < 4.78 is 0. The van der Waals surface area contributed by atoms with E-state index in [1.54, 1.807) is 0 Å². The molecule has 4 N–H and O–H groups in total. The highest BCUT2D eigenvalue weighted by Gasteiger charge is 2.18. The molecule has 0 fully saturated rings. The van der Waals surface area contributed by atoms with Crippen LogP contribution in [0.25, 0.3) is 0 Å². The fraction of sp³-hybridized carbons (Fsp3) is 1.00. The molecule has 0 amide bonds. The lowest BCUT2D eigenvalue weighted by Gasteiger charge is -2.25. The fourth-order valence-electron chi connectivity index (χ4n) is 0.440. The Morgan fingerprint density at radius 2 is 1.88 bits per heavy atom. The highest BCUT2D eigenvalue weighted by atomic mass is 14.9. The standard InChI is InChI=1S/C6H16N2/c1-4-5(2)6(3,7)8/h5H,4,7-8H2,1-3H3. The lowest BCUT2D eigenvalue weighted by molar-refractivity contribution is 0.319. The van der Waals surface area contributed by atoms with Gasteiger partial charge >= 0.3 is 0 Å². The predicted molar refractivity (Wildman–Crippen MR) is 36.2 cm³/mol. The number of hydrogen-bond donors (Lipinski definition) is 2. The van der Waals surface area contributed by atoms with Crippen molar-refractivity contribution in [2.24, 2.45) is 17.4 Å². The first-order valence-corrected chi connectivity index (χ1v) is 3.06. The lowest BCUT2D eigenvalue weighted by Crippen LogP contribution is -2.51. The molecule has 8 heavy (non-hydrogen) atoms. The molecule has 1 unspecified atom stereocenters. The molecule has 0 aliphatic carbocycles. The average molecular weight is 116 g/mol. The quantitative estimate of drug-likeness (QED) is 0.521. The van der Waals surface area contributed by atoms with Crippen molar-refractivity contribution in [1.29, 1.82) is 0 Å². The first kappa shape index (κ1) is 7.92. The van der Waals surface area contributed by atoms with E-state index in [0.717, 1.165) is 6.42 Å². The van der Waals surface area contributed by atoms with Crippen LogP contribution in [-0.4, -0.2) is 5.66 Å². The first-order chi connectivity index (χ1) is 3.48. The van der Waals surface area contributed by atoms with Gasteiger partial charge in [-0.15, -0.1) is 0 Å². The van der Waals surface area contributed by atoms with Crippen LogP contribution in [0.1, 0.15) is 27.2 Å². The van der Waals surface area contributed by atoms with Crippen molar-refractivity contribution in [3.8, 4) is 0 Å². The van der Waals surface area contributed by atoms with Gasteiger partial charge in [-0.05, 0) is 12.8 Å². The maximum Gasteiger partial charge on any atom is 0.0633 e. The molecule has 0 saturated carbocycles. The van der Waals surface area contributed by atoms with Gasteiger partial charge in [-0.2, -0.15) is 0 Å². The monoisotopic (exact) mass is 116 g/mol. The van der Waals surface area contributed by atoms with Crippen molar-refractivity contribution in [3.63, 3.8) is 0 Å². The van der Waals surface area contributed by atoms with Crippen LogP contribution < -0.4 is 11.5 Å². The summed E-state index contributed by atoms with van der Waals surface area (Å²) in [6.07, 6.45) is 1.05. The number of rotatable bonds is 2. The van der Waals surface area contributed by atoms with Crippen molar-refractivity contribution in [2.75, 3.05) is 0 Å². The smallest absolute Gasteiger partial charge is 0.0633 e. The minimum absolute atomic E-state index is 0.405. The second kappa shape index (κ2) is 2.46. The van der Waals surface area contributed by atoms with Crippen LogP contribution in [0.2, 0.25) is 0 Å². The first-order valence-electron chi connectivity index (χ1n) is 3.06. The van der Waals surface area contributed by atoms with Crippen LogP contribution in [0.15, 0.2) is 0 Å². The Morgan fingerprint density at radius 1 is 1.50 bits per heavy atom. The van der Waals surface area contributed by atoms with E-state index in [1.165, 1.54) is 0 Å². The fourth-order valence-corrected chi connectivity index (χ4v) is 0.440. The summed E-state index contributed by atoms with van der Waals surface area (Å²) >= 11 is 0. The molecule has 0 aromatic carbocycles. The van der Waals surface area contributed by atoms with E-state index in [-0.39, 0.29) is 0 Å². The Kier molecular flexibility index (Phi) is 2.44. The summed E-state index contributed by atoms with van der Waals surface area (Å²) in [6, 6.07) is 0. The van der Waals surface area contributed by atoms with Crippen LogP contribution in [-0.2, 0) is 0 Å². The molecular formula is C6H16N2. The van der Waals surface area contributed by atoms with Crippen LogP contribution in [0.3, 0.4) is 0 Å². The van der Waals surface area contributed by atoms with Gasteiger partial charge in [0.05, 0.1) is 5.66 Å². The average Bonchev–Trinajstić information content (AvgIpc) is 1.62. The molecule has 0 saturated heterocycles. The van der Waals surface area contributed by atoms with Gasteiger partial charge < -0.3 is 11.5 Å². The van der Waals surface area contributed by atoms with Crippen molar-refractivity contribution < 1.29 is 0 Å². The Labute approximate surface area is 51.2 Å². The topological polar surface area (TPSA) is 52.0 Å². The van der Waals surface area contributed by atoms with Crippen LogP contribution >= 0.6 is 0 Å². The van der Waals surface area contributed by atoms with Gasteiger partial charge in [0.2, 0.25) is 0 Å². The Bertz CT molecular complexity index is 63.4. The zero-order valence-corrected chi connectivity index (χ0v) is 5.94. The van der Waals surface area contributed by atoms with E-state index in [0.29, 0.717) is 5.92 Å². The third-order valence-electron chi connectivity index (χ3n) is 1.67. The highest BCUT2D eigenvalue weighted by molar-refractivity contribution is 4.75. The summed E-state index contributed by atoms with van der Waals surface area (Å²) in [4.78, 5) is 0. The summed E-state index contributed by atoms with van der Waals surface area (Å²) in [7, 11) is 0. The molecule has 0 aromatic rings. The van der Waals surface area contributed by atoms with Gasteiger partial charge in [-0.25, -0.2) is 0 Å². The van der Waals surface area contributed by atoms with Crippen molar-refractivity contribution in [2.45, 2.75) is 32.9 Å². The van der Waals surface area contributed by atoms with Gasteiger partial charge in [-0.3, -0.25) is 0 Å². The Hall–Kier alpha value is -0.0800. The molecule has 0 rings (SSSR count). The molecule has 0 aliphatic heterocycles. The molecule has 0 heterocycles. The molecule has 2 nitrogen and oxygen atoms in total. The van der Waals surface area contributed by atoms with E-state index in [1.807, 2.05) is 6.92 Å². The van der Waals surface area contributed by atoms with Gasteiger partial charge in [-0.1, -0.05) is 20.3 Å². The third kappa shape index (κ3) is 2.28. The normalized spacial score (nSPS) is 16.1. The SMILES string of the molecule is CCC(C)C(C)(N)N. The summed E-state index contributed by atoms with van der Waals surface area (Å²) in [6.45, 7) is 5.99. The van der Waals surface area contributed by atoms with E-state index in [2.05, 4.69) is 13.8 Å². The second-order valence-electron chi connectivity index (χ2n) is 2.68. The van der Waals surface area contributed by atoms with E-state index < -0.39 is 5.66 Å². The number of hydrogen-bond acceptors (Lipinski definition) is 2. The largest absolute Gasteiger partial charge is 0.314 e. The third-order valence-corrected chi connectivity index (χ3v) is 1.67. The molecule has 50 valence electrons. The van der Waals surface area contributed by atoms with Crippen molar-refractivity contribution in [3.05, 3.63) is 0 Å². The van der Waals surface area contributed by atoms with Gasteiger partial charge in [0.15, 0.2) is 0 Å². The molecule has 0 radical (unpaired) electrons. The van der Waals surface area contributed by atoms with Crippen molar-refractivity contribution in [1.82, 2.24) is 0 Å². The minimum atomic E-state index is -0.491. The van der Waals surface area contributed by atoms with E-state index in [9.17, 15) is 0 Å². The predicted octanol–water partition coefficient (Wildman–Crippen LogP) is 0.666. The molecule has 0 spiro atoms. The lowest BCUT2D eigenvalue weighted by atomic mass is 9.96. The molecule has 0 aromatic heterocycles. The Morgan fingerprint density at radius 3 is 1.88 bits per heavy atom. The van der Waals surface area contributed by atoms with E-state index in [4.69, 9.17) is 11.5 Å². The van der Waals surface area contributed by atoms with Gasteiger partial charge in [0, 0.05) is 0 Å². The maximum absolute atomic E-state index is 5.57. The zero-order valence-electron chi connectivity index (χ0n) is 5.94. The minimum Gasteiger partial charge on any atom is -0.314 e. The Balaban J connectivity index is 3.62. The van der Waals surface area contributed by atoms with Crippen LogP contribution in [0.5, 0.6) is 0 Å². The van der Waals surface area contributed by atoms with Gasteiger partial charge in [0.25, 0.3) is 0 Å². The van der Waals surface area contributed by atoms with Gasteiger partial charge in [0.1, 0.15) is 0 Å². The van der Waals surface area contributed by atoms with Crippen LogP contribution in [0, 0.1) is 5.92 Å². The summed E-state index contributed by atoms with van der Waals surface area (Å²) in [5.74, 6) is 0.405. The molecule has 1 atom stereocenters. The second-order valence-corrected chi connectivity index (χ2v) is 2.68. The number of nitrogens with two attached hydrogens (primary N) is 2. The molecule has 0 bridgehead atoms. The zero-order chi connectivity index (χ0) is 6.78. The maximum atomic E-state index is 5.57. The molecule has 0 aliphatic rings. The molecule has 2 heteroatoms.